The van der Waals surface area contributed by atoms with Crippen molar-refractivity contribution in [3.63, 3.8) is 0 Å². The molecule has 1 atom stereocenters. The molecule has 4 heteroatoms. The lowest BCUT2D eigenvalue weighted by molar-refractivity contribution is 0.259. The quantitative estimate of drug-likeness (QED) is 0.767. The highest BCUT2D eigenvalue weighted by Gasteiger charge is 2.36. The molecular formula is C25H29N3O. The van der Waals surface area contributed by atoms with Gasteiger partial charge in [-0.3, -0.25) is 5.10 Å². The average Bonchev–Trinajstić information content (AvgIpc) is 3.49. The second kappa shape index (κ2) is 7.68. The molecule has 0 saturated heterocycles. The van der Waals surface area contributed by atoms with E-state index in [1.165, 1.54) is 40.8 Å². The Bertz CT molecular complexity index is 962. The monoisotopic (exact) mass is 387 g/mol. The van der Waals surface area contributed by atoms with Gasteiger partial charge in [-0.15, -0.1) is 0 Å². The normalized spacial score (nSPS) is 21.2. The number of aryl methyl sites for hydroxylation is 1. The van der Waals surface area contributed by atoms with Gasteiger partial charge < -0.3 is 10.0 Å². The maximum absolute atomic E-state index is 9.69. The van der Waals surface area contributed by atoms with E-state index in [1.807, 2.05) is 6.20 Å². The van der Waals surface area contributed by atoms with Crippen molar-refractivity contribution in [2.75, 3.05) is 6.61 Å². The van der Waals surface area contributed by atoms with Crippen molar-refractivity contribution in [3.8, 4) is 0 Å². The Morgan fingerprint density at radius 3 is 2.72 bits per heavy atom. The smallest absolute Gasteiger partial charge is 0.0650 e. The number of fused-ring (bicyclic) bond motifs is 1. The number of aliphatic hydroxyl groups excluding tert-OH is 1. The Balaban J connectivity index is 1.38. The number of aromatic nitrogens is 2. The van der Waals surface area contributed by atoms with Gasteiger partial charge in [0.15, 0.2) is 0 Å². The number of benzene rings is 1. The summed E-state index contributed by atoms with van der Waals surface area (Å²) in [7, 11) is 0. The van der Waals surface area contributed by atoms with Crippen molar-refractivity contribution in [1.82, 2.24) is 15.1 Å². The van der Waals surface area contributed by atoms with Gasteiger partial charge in [0.05, 0.1) is 12.8 Å². The van der Waals surface area contributed by atoms with Crippen LogP contribution in [0, 0.1) is 0 Å². The summed E-state index contributed by atoms with van der Waals surface area (Å²) < 4.78 is 0. The fraction of sp³-hybridized carbons (Fsp3) is 0.400. The molecule has 3 aliphatic carbocycles. The van der Waals surface area contributed by atoms with Crippen LogP contribution in [0.4, 0.5) is 0 Å². The van der Waals surface area contributed by atoms with E-state index in [0.717, 1.165) is 43.4 Å². The second-order valence-corrected chi connectivity index (χ2v) is 8.55. The molecule has 2 N–H and O–H groups in total. The third-order valence-corrected chi connectivity index (χ3v) is 6.63. The number of rotatable bonds is 6. The Hall–Kier alpha value is -2.59. The van der Waals surface area contributed by atoms with Crippen molar-refractivity contribution in [2.24, 2.45) is 0 Å². The van der Waals surface area contributed by atoms with Gasteiger partial charge in [0, 0.05) is 23.5 Å². The molecule has 0 aliphatic heterocycles. The minimum Gasteiger partial charge on any atom is -0.392 e. The summed E-state index contributed by atoms with van der Waals surface area (Å²) in [6.45, 7) is 4.66. The summed E-state index contributed by atoms with van der Waals surface area (Å²) in [5, 5.41) is 17.1. The van der Waals surface area contributed by atoms with Gasteiger partial charge in [-0.1, -0.05) is 43.0 Å². The predicted octanol–water partition coefficient (Wildman–Crippen LogP) is 4.50. The summed E-state index contributed by atoms with van der Waals surface area (Å²) in [5.74, 6) is 0. The van der Waals surface area contributed by atoms with Crippen molar-refractivity contribution in [3.05, 3.63) is 77.2 Å². The molecule has 0 spiro atoms. The number of nitrogens with one attached hydrogen (secondary N) is 1. The molecule has 1 heterocycles. The van der Waals surface area contributed by atoms with Crippen LogP contribution in [-0.2, 0) is 12.8 Å². The highest BCUT2D eigenvalue weighted by molar-refractivity contribution is 5.78. The molecule has 1 saturated carbocycles. The zero-order chi connectivity index (χ0) is 19.8. The largest absolute Gasteiger partial charge is 0.392 e. The van der Waals surface area contributed by atoms with Crippen LogP contribution in [0.5, 0.6) is 0 Å². The molecule has 0 bridgehead atoms. The number of aromatic amines is 1. The van der Waals surface area contributed by atoms with Crippen molar-refractivity contribution >= 4 is 11.3 Å². The van der Waals surface area contributed by atoms with Crippen molar-refractivity contribution < 1.29 is 5.11 Å². The average molecular weight is 388 g/mol. The maximum Gasteiger partial charge on any atom is 0.0650 e. The Morgan fingerprint density at radius 2 is 1.97 bits per heavy atom. The molecule has 1 aromatic heterocycles. The number of hydrogen-bond acceptors (Lipinski definition) is 3. The maximum atomic E-state index is 9.69. The van der Waals surface area contributed by atoms with E-state index in [1.54, 1.807) is 0 Å². The van der Waals surface area contributed by atoms with Gasteiger partial charge in [0.25, 0.3) is 0 Å². The van der Waals surface area contributed by atoms with Crippen molar-refractivity contribution in [2.45, 2.75) is 57.0 Å². The van der Waals surface area contributed by atoms with E-state index in [9.17, 15) is 5.11 Å². The number of aliphatic hydroxyl groups is 1. The zero-order valence-corrected chi connectivity index (χ0v) is 16.9. The SMILES string of the molecule is C=C(c1ccc(C2=C(CO)CCC=C2)cc1)N(C1CC1)C1CCc2[nH]ncc2C1. The fourth-order valence-corrected chi connectivity index (χ4v) is 4.89. The Morgan fingerprint density at radius 1 is 1.14 bits per heavy atom. The molecule has 1 unspecified atom stereocenters. The molecule has 1 aromatic carbocycles. The molecular weight excluding hydrogens is 358 g/mol. The molecule has 4 nitrogen and oxygen atoms in total. The van der Waals surface area contributed by atoms with Gasteiger partial charge in [-0.2, -0.15) is 5.10 Å². The van der Waals surface area contributed by atoms with Gasteiger partial charge in [0.2, 0.25) is 0 Å². The van der Waals surface area contributed by atoms with E-state index in [4.69, 9.17) is 0 Å². The van der Waals surface area contributed by atoms with E-state index in [0.29, 0.717) is 12.1 Å². The fourth-order valence-electron chi connectivity index (χ4n) is 4.89. The first-order chi connectivity index (χ1) is 14.2. The lowest BCUT2D eigenvalue weighted by atomic mass is 9.90. The number of allylic oxidation sites excluding steroid dienone is 3. The molecule has 0 amide bonds. The van der Waals surface area contributed by atoms with Gasteiger partial charge in [0.1, 0.15) is 0 Å². The van der Waals surface area contributed by atoms with E-state index >= 15 is 0 Å². The molecule has 2 aromatic rings. The van der Waals surface area contributed by atoms with Gasteiger partial charge in [-0.25, -0.2) is 0 Å². The standard InChI is InChI=1S/C25H29N3O/c1-17(18-6-8-19(9-7-18)24-5-3-2-4-20(24)16-29)28(22-10-11-22)23-12-13-25-21(14-23)15-26-27-25/h3,5-9,15,22-23,29H,1-2,4,10-14,16H2,(H,26,27). The van der Waals surface area contributed by atoms with Crippen molar-refractivity contribution in [1.29, 1.82) is 0 Å². The lowest BCUT2D eigenvalue weighted by Gasteiger charge is -2.37. The Labute approximate surface area is 172 Å². The molecule has 5 rings (SSSR count). The third-order valence-electron chi connectivity index (χ3n) is 6.63. The first-order valence-electron chi connectivity index (χ1n) is 10.8. The third kappa shape index (κ3) is 3.58. The summed E-state index contributed by atoms with van der Waals surface area (Å²) in [6.07, 6.45) is 14.1. The van der Waals surface area contributed by atoms with Crippen LogP contribution in [0.3, 0.4) is 0 Å². The summed E-state index contributed by atoms with van der Waals surface area (Å²) in [4.78, 5) is 2.59. The summed E-state index contributed by atoms with van der Waals surface area (Å²) >= 11 is 0. The van der Waals surface area contributed by atoms with Crippen LogP contribution in [0.2, 0.25) is 0 Å². The number of H-pyrrole nitrogens is 1. The highest BCUT2D eigenvalue weighted by atomic mass is 16.3. The number of nitrogens with zero attached hydrogens (tertiary/aromatic N) is 2. The molecule has 0 radical (unpaired) electrons. The molecule has 29 heavy (non-hydrogen) atoms. The zero-order valence-electron chi connectivity index (χ0n) is 16.9. The predicted molar refractivity (Wildman–Crippen MR) is 117 cm³/mol. The highest BCUT2D eigenvalue weighted by Crippen LogP contribution is 2.39. The summed E-state index contributed by atoms with van der Waals surface area (Å²) in [5.41, 5.74) is 8.51. The number of hydrogen-bond donors (Lipinski definition) is 2. The first-order valence-corrected chi connectivity index (χ1v) is 10.8. The van der Waals surface area contributed by atoms with Gasteiger partial charge in [-0.05, 0) is 72.8 Å². The Kier molecular flexibility index (Phi) is 4.88. The minimum atomic E-state index is 0.140. The van der Waals surface area contributed by atoms with Crippen LogP contribution < -0.4 is 0 Å². The lowest BCUT2D eigenvalue weighted by Crippen LogP contribution is -2.39. The summed E-state index contributed by atoms with van der Waals surface area (Å²) in [6, 6.07) is 9.89. The second-order valence-electron chi connectivity index (χ2n) is 8.55. The first kappa shape index (κ1) is 18.4. The topological polar surface area (TPSA) is 52.1 Å². The molecule has 150 valence electrons. The van der Waals surface area contributed by atoms with Crippen LogP contribution in [-0.4, -0.2) is 38.9 Å². The molecule has 3 aliphatic rings. The van der Waals surface area contributed by atoms with E-state index in [-0.39, 0.29) is 6.61 Å². The van der Waals surface area contributed by atoms with E-state index < -0.39 is 0 Å². The van der Waals surface area contributed by atoms with Crippen LogP contribution in [0.25, 0.3) is 11.3 Å². The van der Waals surface area contributed by atoms with Crippen LogP contribution in [0.15, 0.2) is 54.8 Å². The minimum absolute atomic E-state index is 0.140. The van der Waals surface area contributed by atoms with E-state index in [2.05, 4.69) is 58.1 Å². The molecule has 1 fully saturated rings. The van der Waals surface area contributed by atoms with Gasteiger partial charge >= 0.3 is 0 Å². The van der Waals surface area contributed by atoms with Crippen LogP contribution >= 0.6 is 0 Å². The van der Waals surface area contributed by atoms with Crippen LogP contribution in [0.1, 0.15) is 54.5 Å².